The number of ether oxygens (including phenoxy) is 3. The Bertz CT molecular complexity index is 933. The van der Waals surface area contributed by atoms with E-state index in [0.29, 0.717) is 27.6 Å². The Kier molecular flexibility index (Phi) is 7.45. The summed E-state index contributed by atoms with van der Waals surface area (Å²) in [5, 5.41) is 0.372. The summed E-state index contributed by atoms with van der Waals surface area (Å²) in [7, 11) is 0. The second kappa shape index (κ2) is 9.60. The fourth-order valence-corrected chi connectivity index (χ4v) is 3.02. The number of esters is 2. The lowest BCUT2D eigenvalue weighted by atomic mass is 10.1. The maximum atomic E-state index is 12.7. The van der Waals surface area contributed by atoms with Crippen molar-refractivity contribution in [3.8, 4) is 5.75 Å². The number of hydrogen-bond donors (Lipinski definition) is 1. The van der Waals surface area contributed by atoms with Crippen molar-refractivity contribution in [2.75, 3.05) is 13.2 Å². The molecule has 0 spiro atoms. The van der Waals surface area contributed by atoms with Crippen molar-refractivity contribution >= 4 is 29.3 Å². The number of ketones is 1. The van der Waals surface area contributed by atoms with Crippen molar-refractivity contribution in [3.05, 3.63) is 51.3 Å². The molecule has 8 heteroatoms. The van der Waals surface area contributed by atoms with E-state index in [0.717, 1.165) is 5.56 Å². The van der Waals surface area contributed by atoms with Gasteiger partial charge < -0.3 is 19.2 Å². The first kappa shape index (κ1) is 22.5. The molecule has 0 aliphatic carbocycles. The van der Waals surface area contributed by atoms with Crippen LogP contribution in [0.25, 0.3) is 0 Å². The highest BCUT2D eigenvalue weighted by Crippen LogP contribution is 2.25. The van der Waals surface area contributed by atoms with Crippen LogP contribution in [0.5, 0.6) is 5.75 Å². The van der Waals surface area contributed by atoms with Crippen molar-refractivity contribution in [3.63, 3.8) is 0 Å². The molecule has 0 radical (unpaired) electrons. The molecule has 2 rings (SSSR count). The number of H-pyrrole nitrogens is 1. The molecule has 1 N–H and O–H groups in total. The van der Waals surface area contributed by atoms with Gasteiger partial charge in [0.25, 0.3) is 0 Å². The van der Waals surface area contributed by atoms with E-state index in [4.69, 9.17) is 25.8 Å². The van der Waals surface area contributed by atoms with Gasteiger partial charge in [-0.25, -0.2) is 9.59 Å². The summed E-state index contributed by atoms with van der Waals surface area (Å²) in [4.78, 5) is 39.7. The van der Waals surface area contributed by atoms with E-state index in [2.05, 4.69) is 4.98 Å². The lowest BCUT2D eigenvalue weighted by Gasteiger charge is -2.13. The van der Waals surface area contributed by atoms with E-state index < -0.39 is 30.4 Å². The van der Waals surface area contributed by atoms with Crippen molar-refractivity contribution in [2.45, 2.75) is 40.7 Å². The molecule has 156 valence electrons. The standard InChI is InChI=1S/C21H24ClNO6/c1-6-27-21(26)18-12(3)19(23-13(18)4)20(25)14(5)29-17(24)10-28-16-9-11(2)7-8-15(16)22/h7-9,14,23H,6,10H2,1-5H3/t14-/m1/s1. The first-order valence-electron chi connectivity index (χ1n) is 9.14. The van der Waals surface area contributed by atoms with Gasteiger partial charge in [-0.2, -0.15) is 0 Å². The predicted molar refractivity (Wildman–Crippen MR) is 108 cm³/mol. The first-order chi connectivity index (χ1) is 13.6. The molecule has 29 heavy (non-hydrogen) atoms. The highest BCUT2D eigenvalue weighted by Gasteiger charge is 2.27. The molecule has 0 amide bonds. The monoisotopic (exact) mass is 421 g/mol. The molecule has 1 aromatic heterocycles. The number of halogens is 1. The van der Waals surface area contributed by atoms with Crippen LogP contribution < -0.4 is 4.74 Å². The van der Waals surface area contributed by atoms with Gasteiger partial charge in [0.15, 0.2) is 12.7 Å². The molecule has 0 aliphatic rings. The molecule has 0 saturated heterocycles. The number of aryl methyl sites for hydroxylation is 2. The topological polar surface area (TPSA) is 94.7 Å². The normalized spacial score (nSPS) is 11.7. The van der Waals surface area contributed by atoms with Crippen LogP contribution in [0.4, 0.5) is 0 Å². The quantitative estimate of drug-likeness (QED) is 0.512. The number of aromatic amines is 1. The van der Waals surface area contributed by atoms with Gasteiger partial charge in [0.1, 0.15) is 5.75 Å². The lowest BCUT2D eigenvalue weighted by Crippen LogP contribution is -2.28. The van der Waals surface area contributed by atoms with E-state index in [1.54, 1.807) is 32.9 Å². The van der Waals surface area contributed by atoms with Crippen LogP contribution >= 0.6 is 11.6 Å². The van der Waals surface area contributed by atoms with E-state index >= 15 is 0 Å². The van der Waals surface area contributed by atoms with Gasteiger partial charge in [-0.1, -0.05) is 17.7 Å². The molecule has 1 aromatic carbocycles. The third-order valence-corrected chi connectivity index (χ3v) is 4.59. The second-order valence-corrected chi connectivity index (χ2v) is 6.97. The number of carbonyl (C=O) groups is 3. The Morgan fingerprint density at radius 2 is 1.86 bits per heavy atom. The molecular formula is C21H24ClNO6. The molecule has 1 heterocycles. The summed E-state index contributed by atoms with van der Waals surface area (Å²) in [5.74, 6) is -1.32. The first-order valence-corrected chi connectivity index (χ1v) is 9.52. The van der Waals surface area contributed by atoms with Gasteiger partial charge >= 0.3 is 11.9 Å². The van der Waals surface area contributed by atoms with E-state index in [1.165, 1.54) is 6.92 Å². The number of Topliss-reactive ketones (excluding diaryl/α,β-unsaturated/α-hetero) is 1. The van der Waals surface area contributed by atoms with Crippen LogP contribution in [0, 0.1) is 20.8 Å². The maximum absolute atomic E-state index is 12.7. The molecule has 0 unspecified atom stereocenters. The van der Waals surface area contributed by atoms with Crippen LogP contribution in [0.15, 0.2) is 18.2 Å². The molecule has 0 saturated carbocycles. The Labute approximate surface area is 174 Å². The van der Waals surface area contributed by atoms with Crippen molar-refractivity contribution < 1.29 is 28.6 Å². The number of aromatic nitrogens is 1. The van der Waals surface area contributed by atoms with Crippen LogP contribution in [0.3, 0.4) is 0 Å². The number of carbonyl (C=O) groups excluding carboxylic acids is 3. The van der Waals surface area contributed by atoms with Crippen LogP contribution in [0.2, 0.25) is 5.02 Å². The minimum absolute atomic E-state index is 0.202. The molecule has 7 nitrogen and oxygen atoms in total. The zero-order valence-corrected chi connectivity index (χ0v) is 17.8. The summed E-state index contributed by atoms with van der Waals surface area (Å²) in [6.07, 6.45) is -1.06. The van der Waals surface area contributed by atoms with Gasteiger partial charge in [-0.05, 0) is 57.9 Å². The largest absolute Gasteiger partial charge is 0.480 e. The molecule has 0 bridgehead atoms. The number of benzene rings is 1. The SMILES string of the molecule is CCOC(=O)c1c(C)[nH]c(C(=O)[C@@H](C)OC(=O)COc2cc(C)ccc2Cl)c1C. The molecule has 1 atom stereocenters. The van der Waals surface area contributed by atoms with Gasteiger partial charge in [-0.15, -0.1) is 0 Å². The van der Waals surface area contributed by atoms with Crippen LogP contribution in [0.1, 0.15) is 51.5 Å². The van der Waals surface area contributed by atoms with Crippen molar-refractivity contribution in [2.24, 2.45) is 0 Å². The van der Waals surface area contributed by atoms with Gasteiger partial charge in [0.05, 0.1) is 22.9 Å². The summed E-state index contributed by atoms with van der Waals surface area (Å²) in [6.45, 7) is 8.18. The minimum Gasteiger partial charge on any atom is -0.480 e. The van der Waals surface area contributed by atoms with Gasteiger partial charge in [0.2, 0.25) is 5.78 Å². The fourth-order valence-electron chi connectivity index (χ4n) is 2.85. The molecule has 0 fully saturated rings. The Balaban J connectivity index is 2.03. The lowest BCUT2D eigenvalue weighted by molar-refractivity contribution is -0.148. The van der Waals surface area contributed by atoms with Gasteiger partial charge in [0, 0.05) is 5.69 Å². The van der Waals surface area contributed by atoms with Crippen LogP contribution in [-0.4, -0.2) is 42.0 Å². The Hall–Kier alpha value is -2.80. The summed E-state index contributed by atoms with van der Waals surface area (Å²) in [5.41, 5.74) is 2.41. The minimum atomic E-state index is -1.06. The highest BCUT2D eigenvalue weighted by atomic mass is 35.5. The Morgan fingerprint density at radius 1 is 1.17 bits per heavy atom. The van der Waals surface area contributed by atoms with Crippen LogP contribution in [-0.2, 0) is 14.3 Å². The smallest absolute Gasteiger partial charge is 0.344 e. The number of hydrogen-bond acceptors (Lipinski definition) is 6. The fraction of sp³-hybridized carbons (Fsp3) is 0.381. The summed E-state index contributed by atoms with van der Waals surface area (Å²) >= 11 is 6.03. The predicted octanol–water partition coefficient (Wildman–Crippen LogP) is 3.96. The van der Waals surface area contributed by atoms with E-state index in [-0.39, 0.29) is 12.3 Å². The molecule has 2 aromatic rings. The maximum Gasteiger partial charge on any atom is 0.344 e. The highest BCUT2D eigenvalue weighted by molar-refractivity contribution is 6.32. The number of nitrogens with one attached hydrogen (secondary N) is 1. The van der Waals surface area contributed by atoms with E-state index in [1.807, 2.05) is 13.0 Å². The Morgan fingerprint density at radius 3 is 2.52 bits per heavy atom. The van der Waals surface area contributed by atoms with Crippen molar-refractivity contribution in [1.82, 2.24) is 4.98 Å². The summed E-state index contributed by atoms with van der Waals surface area (Å²) in [6, 6.07) is 5.19. The average Bonchev–Trinajstić information content (AvgIpc) is 2.96. The van der Waals surface area contributed by atoms with Gasteiger partial charge in [-0.3, -0.25) is 4.79 Å². The zero-order valence-electron chi connectivity index (χ0n) is 17.1. The molecular weight excluding hydrogens is 398 g/mol. The third-order valence-electron chi connectivity index (χ3n) is 4.27. The molecule has 0 aliphatic heterocycles. The number of rotatable bonds is 8. The second-order valence-electron chi connectivity index (χ2n) is 6.56. The average molecular weight is 422 g/mol. The van der Waals surface area contributed by atoms with Crippen molar-refractivity contribution in [1.29, 1.82) is 0 Å². The third kappa shape index (κ3) is 5.38. The zero-order chi connectivity index (χ0) is 21.7. The summed E-state index contributed by atoms with van der Waals surface area (Å²) < 4.78 is 15.6. The van der Waals surface area contributed by atoms with E-state index in [9.17, 15) is 14.4 Å².